The highest BCUT2D eigenvalue weighted by Crippen LogP contribution is 2.61. The molecule has 0 atom stereocenters. The fourth-order valence-electron chi connectivity index (χ4n) is 2.73. The van der Waals surface area contributed by atoms with Gasteiger partial charge in [-0.25, -0.2) is 4.98 Å². The molecule has 4 rings (SSSR count). The quantitative estimate of drug-likeness (QED) is 0.867. The standard InChI is InChI=1S/C12H15N5/c1-2-9(1)12(3-4-12)7-14-10-11-16-15-8-17(11)6-5-13-10/h5-6,8-9H,1-4,7H2,(H,13,14). The minimum atomic E-state index is 0.578. The summed E-state index contributed by atoms with van der Waals surface area (Å²) in [5, 5.41) is 11.5. The second-order valence-electron chi connectivity index (χ2n) is 5.33. The second kappa shape index (κ2) is 3.18. The van der Waals surface area contributed by atoms with Crippen LogP contribution in [0.15, 0.2) is 18.7 Å². The van der Waals surface area contributed by atoms with E-state index in [2.05, 4.69) is 20.5 Å². The van der Waals surface area contributed by atoms with Crippen LogP contribution >= 0.6 is 0 Å². The molecule has 88 valence electrons. The van der Waals surface area contributed by atoms with E-state index in [9.17, 15) is 0 Å². The largest absolute Gasteiger partial charge is 0.366 e. The summed E-state index contributed by atoms with van der Waals surface area (Å²) in [4.78, 5) is 4.36. The molecule has 2 aromatic rings. The molecule has 0 radical (unpaired) electrons. The van der Waals surface area contributed by atoms with Crippen molar-refractivity contribution >= 4 is 11.5 Å². The van der Waals surface area contributed by atoms with Crippen LogP contribution in [-0.4, -0.2) is 26.1 Å². The third kappa shape index (κ3) is 1.49. The van der Waals surface area contributed by atoms with Crippen molar-refractivity contribution in [2.75, 3.05) is 11.9 Å². The molecule has 0 spiro atoms. The monoisotopic (exact) mass is 229 g/mol. The molecule has 17 heavy (non-hydrogen) atoms. The van der Waals surface area contributed by atoms with Gasteiger partial charge in [-0.15, -0.1) is 10.2 Å². The van der Waals surface area contributed by atoms with Gasteiger partial charge in [0.05, 0.1) is 0 Å². The summed E-state index contributed by atoms with van der Waals surface area (Å²) in [7, 11) is 0. The van der Waals surface area contributed by atoms with Crippen LogP contribution in [0, 0.1) is 11.3 Å². The summed E-state index contributed by atoms with van der Waals surface area (Å²) in [5.41, 5.74) is 1.40. The first-order valence-corrected chi connectivity index (χ1v) is 6.26. The number of hydrogen-bond acceptors (Lipinski definition) is 4. The van der Waals surface area contributed by atoms with Gasteiger partial charge in [-0.2, -0.15) is 0 Å². The average molecular weight is 229 g/mol. The van der Waals surface area contributed by atoms with Crippen LogP contribution < -0.4 is 5.32 Å². The molecule has 1 N–H and O–H groups in total. The van der Waals surface area contributed by atoms with Crippen molar-refractivity contribution in [1.29, 1.82) is 0 Å². The average Bonchev–Trinajstić information content (AvgIpc) is 3.24. The third-order valence-corrected chi connectivity index (χ3v) is 4.16. The van der Waals surface area contributed by atoms with Crippen molar-refractivity contribution in [3.63, 3.8) is 0 Å². The number of rotatable bonds is 4. The van der Waals surface area contributed by atoms with Crippen LogP contribution in [0.25, 0.3) is 5.65 Å². The van der Waals surface area contributed by atoms with Gasteiger partial charge >= 0.3 is 0 Å². The van der Waals surface area contributed by atoms with Crippen LogP contribution in [0.4, 0.5) is 5.82 Å². The summed E-state index contributed by atoms with van der Waals surface area (Å²) in [6.45, 7) is 1.04. The van der Waals surface area contributed by atoms with Gasteiger partial charge in [0.15, 0.2) is 5.82 Å². The Morgan fingerprint density at radius 2 is 2.29 bits per heavy atom. The number of nitrogens with one attached hydrogen (secondary N) is 1. The first-order chi connectivity index (χ1) is 8.37. The molecule has 0 aliphatic heterocycles. The molecular weight excluding hydrogens is 214 g/mol. The molecule has 0 bridgehead atoms. The van der Waals surface area contributed by atoms with Crippen LogP contribution in [-0.2, 0) is 0 Å². The van der Waals surface area contributed by atoms with Crippen LogP contribution in [0.3, 0.4) is 0 Å². The Labute approximate surface area is 99.3 Å². The normalized spacial score (nSPS) is 21.6. The van der Waals surface area contributed by atoms with Gasteiger partial charge < -0.3 is 5.32 Å². The van der Waals surface area contributed by atoms with E-state index in [4.69, 9.17) is 0 Å². The van der Waals surface area contributed by atoms with Gasteiger partial charge in [-0.1, -0.05) is 0 Å². The third-order valence-electron chi connectivity index (χ3n) is 4.16. The van der Waals surface area contributed by atoms with E-state index in [1.165, 1.54) is 25.7 Å². The Hall–Kier alpha value is -1.65. The first kappa shape index (κ1) is 9.39. The van der Waals surface area contributed by atoms with Crippen LogP contribution in [0.2, 0.25) is 0 Å². The van der Waals surface area contributed by atoms with Crippen molar-refractivity contribution in [3.05, 3.63) is 18.7 Å². The first-order valence-electron chi connectivity index (χ1n) is 6.26. The predicted molar refractivity (Wildman–Crippen MR) is 63.7 cm³/mol. The maximum atomic E-state index is 4.36. The molecule has 0 saturated heterocycles. The Bertz CT molecular complexity index is 553. The molecule has 2 aliphatic carbocycles. The fourth-order valence-corrected chi connectivity index (χ4v) is 2.73. The summed E-state index contributed by atoms with van der Waals surface area (Å²) in [6.07, 6.45) is 11.0. The molecule has 2 saturated carbocycles. The zero-order valence-electron chi connectivity index (χ0n) is 9.63. The maximum absolute atomic E-state index is 4.36. The second-order valence-corrected chi connectivity index (χ2v) is 5.33. The Kier molecular flexibility index (Phi) is 1.76. The predicted octanol–water partition coefficient (Wildman–Crippen LogP) is 1.73. The zero-order chi connectivity index (χ0) is 11.3. The summed E-state index contributed by atoms with van der Waals surface area (Å²) < 4.78 is 1.89. The summed E-state index contributed by atoms with van der Waals surface area (Å²) >= 11 is 0. The van der Waals surface area contributed by atoms with Crippen LogP contribution in [0.5, 0.6) is 0 Å². The molecular formula is C12H15N5. The van der Waals surface area contributed by atoms with E-state index in [-0.39, 0.29) is 0 Å². The lowest BCUT2D eigenvalue weighted by atomic mass is 10.0. The van der Waals surface area contributed by atoms with Gasteiger partial charge in [0.2, 0.25) is 5.65 Å². The number of nitrogens with zero attached hydrogens (tertiary/aromatic N) is 4. The number of anilines is 1. The molecule has 0 unspecified atom stereocenters. The van der Waals surface area contributed by atoms with Gasteiger partial charge in [-0.05, 0) is 37.0 Å². The highest BCUT2D eigenvalue weighted by atomic mass is 15.2. The van der Waals surface area contributed by atoms with Crippen molar-refractivity contribution in [1.82, 2.24) is 19.6 Å². The molecule has 5 nitrogen and oxygen atoms in total. The molecule has 2 aromatic heterocycles. The lowest BCUT2D eigenvalue weighted by molar-refractivity contribution is 0.466. The highest BCUT2D eigenvalue weighted by Gasteiger charge is 2.53. The van der Waals surface area contributed by atoms with E-state index >= 15 is 0 Å². The number of aromatic nitrogens is 4. The molecule has 2 fully saturated rings. The summed E-state index contributed by atoms with van der Waals surface area (Å²) in [6, 6.07) is 0. The van der Waals surface area contributed by atoms with Crippen molar-refractivity contribution in [2.45, 2.75) is 25.7 Å². The summed E-state index contributed by atoms with van der Waals surface area (Å²) in [5.74, 6) is 1.82. The molecule has 2 heterocycles. The van der Waals surface area contributed by atoms with Gasteiger partial charge in [0.1, 0.15) is 6.33 Å². The molecule has 2 aliphatic rings. The number of hydrogen-bond donors (Lipinski definition) is 1. The van der Waals surface area contributed by atoms with Crippen molar-refractivity contribution in [2.24, 2.45) is 11.3 Å². The Morgan fingerprint density at radius 1 is 1.41 bits per heavy atom. The van der Waals surface area contributed by atoms with E-state index < -0.39 is 0 Å². The highest BCUT2D eigenvalue weighted by molar-refractivity contribution is 5.61. The fraction of sp³-hybridized carbons (Fsp3) is 0.583. The Morgan fingerprint density at radius 3 is 3.06 bits per heavy atom. The van der Waals surface area contributed by atoms with E-state index in [1.807, 2.05) is 10.6 Å². The van der Waals surface area contributed by atoms with E-state index in [1.54, 1.807) is 12.5 Å². The van der Waals surface area contributed by atoms with Crippen LogP contribution in [0.1, 0.15) is 25.7 Å². The lowest BCUT2D eigenvalue weighted by Gasteiger charge is -2.15. The SMILES string of the molecule is c1cn2cnnc2c(NCC2(C3CC3)CC2)n1. The van der Waals surface area contributed by atoms with Crippen molar-refractivity contribution in [3.8, 4) is 0 Å². The zero-order valence-corrected chi connectivity index (χ0v) is 9.63. The Balaban J connectivity index is 1.56. The minimum Gasteiger partial charge on any atom is -0.366 e. The van der Waals surface area contributed by atoms with Gasteiger partial charge in [0.25, 0.3) is 0 Å². The minimum absolute atomic E-state index is 0.578. The van der Waals surface area contributed by atoms with E-state index in [0.29, 0.717) is 5.41 Å². The molecule has 0 amide bonds. The molecule has 0 aromatic carbocycles. The maximum Gasteiger partial charge on any atom is 0.203 e. The molecule has 5 heteroatoms. The van der Waals surface area contributed by atoms with Gasteiger partial charge in [0, 0.05) is 18.9 Å². The van der Waals surface area contributed by atoms with Crippen molar-refractivity contribution < 1.29 is 0 Å². The van der Waals surface area contributed by atoms with Gasteiger partial charge in [-0.3, -0.25) is 4.40 Å². The van der Waals surface area contributed by atoms with E-state index in [0.717, 1.165) is 23.9 Å². The lowest BCUT2D eigenvalue weighted by Crippen LogP contribution is -2.18. The topological polar surface area (TPSA) is 55.1 Å². The number of fused-ring (bicyclic) bond motifs is 1. The smallest absolute Gasteiger partial charge is 0.203 e.